The van der Waals surface area contributed by atoms with Gasteiger partial charge in [-0.2, -0.15) is 13.2 Å². The molecule has 2 aliphatic rings. The lowest BCUT2D eigenvalue weighted by molar-refractivity contribution is -0.192. The van der Waals surface area contributed by atoms with Crippen molar-refractivity contribution in [2.24, 2.45) is 0 Å². The molecule has 7 nitrogen and oxygen atoms in total. The van der Waals surface area contributed by atoms with Crippen molar-refractivity contribution >= 4 is 17.8 Å². The molecule has 0 bridgehead atoms. The Hall–Kier alpha value is -1.84. The van der Waals surface area contributed by atoms with Gasteiger partial charge >= 0.3 is 18.1 Å². The molecule has 0 spiro atoms. The van der Waals surface area contributed by atoms with Gasteiger partial charge in [0.1, 0.15) is 6.54 Å². The number of carboxylic acid groups (broad SMARTS) is 2. The number of alkyl halides is 3. The number of rotatable bonds is 5. The minimum absolute atomic E-state index is 0.00324. The fourth-order valence-electron chi connectivity index (χ4n) is 2.52. The average Bonchev–Trinajstić information content (AvgIpc) is 2.87. The summed E-state index contributed by atoms with van der Waals surface area (Å²) in [5.41, 5.74) is 0. The highest BCUT2D eigenvalue weighted by Crippen LogP contribution is 2.25. The lowest BCUT2D eigenvalue weighted by Gasteiger charge is -2.37. The Morgan fingerprint density at radius 3 is 2.00 bits per heavy atom. The summed E-state index contributed by atoms with van der Waals surface area (Å²) in [6.45, 7) is 0.830. The molecule has 1 aliphatic heterocycles. The first kappa shape index (κ1) is 20.2. The summed E-state index contributed by atoms with van der Waals surface area (Å²) in [6, 6.07) is 0.416. The van der Waals surface area contributed by atoms with Gasteiger partial charge in [0.25, 0.3) is 0 Å². The van der Waals surface area contributed by atoms with Crippen molar-refractivity contribution in [3.05, 3.63) is 0 Å². The maximum atomic E-state index is 12.1. The van der Waals surface area contributed by atoms with Gasteiger partial charge in [0, 0.05) is 18.5 Å². The largest absolute Gasteiger partial charge is 0.490 e. The van der Waals surface area contributed by atoms with Crippen molar-refractivity contribution in [1.82, 2.24) is 10.2 Å². The molecule has 0 aromatic carbocycles. The second-order valence-electron chi connectivity index (χ2n) is 5.80. The van der Waals surface area contributed by atoms with Crippen molar-refractivity contribution in [3.63, 3.8) is 0 Å². The Labute approximate surface area is 136 Å². The van der Waals surface area contributed by atoms with Crippen LogP contribution in [-0.2, 0) is 14.4 Å². The van der Waals surface area contributed by atoms with Crippen LogP contribution in [-0.4, -0.2) is 64.3 Å². The number of amides is 1. The first-order valence-electron chi connectivity index (χ1n) is 7.66. The Balaban J connectivity index is 0.000000351. The highest BCUT2D eigenvalue weighted by Gasteiger charge is 2.38. The fourth-order valence-corrected chi connectivity index (χ4v) is 2.52. The van der Waals surface area contributed by atoms with Crippen molar-refractivity contribution in [3.8, 4) is 0 Å². The molecule has 1 saturated heterocycles. The van der Waals surface area contributed by atoms with Crippen LogP contribution in [0, 0.1) is 0 Å². The molecular formula is C14H21F3N2O5. The molecule has 2 rings (SSSR count). The lowest BCUT2D eigenvalue weighted by Crippen LogP contribution is -2.48. The predicted octanol–water partition coefficient (Wildman–Crippen LogP) is 1.23. The van der Waals surface area contributed by atoms with Gasteiger partial charge in [0.2, 0.25) is 5.91 Å². The van der Waals surface area contributed by atoms with Crippen LogP contribution < -0.4 is 5.32 Å². The Kier molecular flexibility index (Phi) is 7.46. The summed E-state index contributed by atoms with van der Waals surface area (Å²) in [5.74, 6) is -3.67. The summed E-state index contributed by atoms with van der Waals surface area (Å²) < 4.78 is 31.7. The Morgan fingerprint density at radius 1 is 1.08 bits per heavy atom. The van der Waals surface area contributed by atoms with Crippen LogP contribution in [0.15, 0.2) is 0 Å². The van der Waals surface area contributed by atoms with Crippen LogP contribution in [0.5, 0.6) is 0 Å². The van der Waals surface area contributed by atoms with E-state index in [1.54, 1.807) is 4.90 Å². The molecule has 10 heteroatoms. The van der Waals surface area contributed by atoms with E-state index in [2.05, 4.69) is 5.32 Å². The SMILES string of the molecule is O=C(O)C(F)(F)F.O=C(O)CN(C(=O)CC1CCCN1)C1CCC1. The second-order valence-corrected chi connectivity index (χ2v) is 5.80. The topological polar surface area (TPSA) is 107 Å². The van der Waals surface area contributed by atoms with Gasteiger partial charge in [-0.1, -0.05) is 0 Å². The van der Waals surface area contributed by atoms with Crippen molar-refractivity contribution in [1.29, 1.82) is 0 Å². The number of hydrogen-bond donors (Lipinski definition) is 3. The van der Waals surface area contributed by atoms with E-state index in [-0.39, 0.29) is 24.5 Å². The van der Waals surface area contributed by atoms with Gasteiger partial charge in [-0.25, -0.2) is 4.79 Å². The van der Waals surface area contributed by atoms with Crippen molar-refractivity contribution in [2.75, 3.05) is 13.1 Å². The van der Waals surface area contributed by atoms with Crippen LogP contribution in [0.1, 0.15) is 38.5 Å². The molecule has 0 radical (unpaired) electrons. The van der Waals surface area contributed by atoms with Crippen LogP contribution in [0.4, 0.5) is 13.2 Å². The molecule has 3 N–H and O–H groups in total. The quantitative estimate of drug-likeness (QED) is 0.685. The number of hydrogen-bond acceptors (Lipinski definition) is 4. The molecule has 1 aliphatic carbocycles. The number of carboxylic acids is 2. The van der Waals surface area contributed by atoms with E-state index in [0.29, 0.717) is 6.42 Å². The normalized spacial score (nSPS) is 20.5. The zero-order valence-corrected chi connectivity index (χ0v) is 13.0. The monoisotopic (exact) mass is 354 g/mol. The zero-order valence-electron chi connectivity index (χ0n) is 13.0. The molecule has 138 valence electrons. The molecule has 1 amide bonds. The van der Waals surface area contributed by atoms with Gasteiger partial charge in [-0.3, -0.25) is 9.59 Å². The van der Waals surface area contributed by atoms with Gasteiger partial charge < -0.3 is 20.4 Å². The van der Waals surface area contributed by atoms with Crippen LogP contribution in [0.2, 0.25) is 0 Å². The minimum atomic E-state index is -5.08. The van der Waals surface area contributed by atoms with E-state index in [9.17, 15) is 22.8 Å². The third-order valence-electron chi connectivity index (χ3n) is 3.97. The van der Waals surface area contributed by atoms with Gasteiger partial charge in [-0.15, -0.1) is 0 Å². The third kappa shape index (κ3) is 6.73. The summed E-state index contributed by atoms with van der Waals surface area (Å²) in [7, 11) is 0. The number of nitrogens with zero attached hydrogens (tertiary/aromatic N) is 1. The van der Waals surface area contributed by atoms with Crippen LogP contribution >= 0.6 is 0 Å². The van der Waals surface area contributed by atoms with Crippen LogP contribution in [0.25, 0.3) is 0 Å². The summed E-state index contributed by atoms with van der Waals surface area (Å²) in [4.78, 5) is 33.3. The molecule has 1 atom stereocenters. The molecule has 2 fully saturated rings. The summed E-state index contributed by atoms with van der Waals surface area (Å²) in [5, 5.41) is 19.3. The van der Waals surface area contributed by atoms with E-state index in [4.69, 9.17) is 15.0 Å². The van der Waals surface area contributed by atoms with Gasteiger partial charge in [0.05, 0.1) is 0 Å². The molecule has 1 heterocycles. The average molecular weight is 354 g/mol. The Bertz CT molecular complexity index is 460. The Morgan fingerprint density at radius 2 is 1.67 bits per heavy atom. The van der Waals surface area contributed by atoms with E-state index < -0.39 is 18.1 Å². The second kappa shape index (κ2) is 8.86. The minimum Gasteiger partial charge on any atom is -0.480 e. The predicted molar refractivity (Wildman–Crippen MR) is 76.3 cm³/mol. The molecule has 24 heavy (non-hydrogen) atoms. The van der Waals surface area contributed by atoms with E-state index in [0.717, 1.165) is 38.6 Å². The fraction of sp³-hybridized carbons (Fsp3) is 0.786. The van der Waals surface area contributed by atoms with E-state index in [1.165, 1.54) is 0 Å². The van der Waals surface area contributed by atoms with Gasteiger partial charge in [-0.05, 0) is 38.6 Å². The standard InChI is InChI=1S/C12H20N2O3.C2HF3O2/c15-11(7-9-3-2-6-13-9)14(8-12(16)17)10-4-1-5-10;3-2(4,5)1(6)7/h9-10,13H,1-8H2,(H,16,17);(H,6,7). The smallest absolute Gasteiger partial charge is 0.480 e. The van der Waals surface area contributed by atoms with E-state index in [1.807, 2.05) is 0 Å². The molecule has 0 aromatic heterocycles. The maximum Gasteiger partial charge on any atom is 0.490 e. The molecule has 0 aromatic rings. The summed E-state index contributed by atoms with van der Waals surface area (Å²) >= 11 is 0. The highest BCUT2D eigenvalue weighted by atomic mass is 19.4. The third-order valence-corrected chi connectivity index (χ3v) is 3.97. The number of nitrogens with one attached hydrogen (secondary N) is 1. The number of carbonyl (C=O) groups is 3. The number of halogens is 3. The summed E-state index contributed by atoms with van der Waals surface area (Å²) in [6.07, 6.45) is 0.519. The lowest BCUT2D eigenvalue weighted by atomic mass is 9.91. The van der Waals surface area contributed by atoms with Crippen molar-refractivity contribution < 1.29 is 37.8 Å². The number of carbonyl (C=O) groups excluding carboxylic acids is 1. The zero-order chi connectivity index (χ0) is 18.3. The van der Waals surface area contributed by atoms with E-state index >= 15 is 0 Å². The van der Waals surface area contributed by atoms with Gasteiger partial charge in [0.15, 0.2) is 0 Å². The first-order chi connectivity index (χ1) is 11.1. The molecule has 1 saturated carbocycles. The van der Waals surface area contributed by atoms with Crippen LogP contribution in [0.3, 0.4) is 0 Å². The molecule has 1 unspecified atom stereocenters. The van der Waals surface area contributed by atoms with Crippen molar-refractivity contribution in [2.45, 2.75) is 56.8 Å². The number of aliphatic carboxylic acids is 2. The first-order valence-corrected chi connectivity index (χ1v) is 7.66. The highest BCUT2D eigenvalue weighted by molar-refractivity contribution is 5.82. The molecular weight excluding hydrogens is 333 g/mol. The maximum absolute atomic E-state index is 12.1.